The Kier molecular flexibility index (Phi) is 7.80. The van der Waals surface area contributed by atoms with Crippen LogP contribution in [0.5, 0.6) is 5.75 Å². The molecule has 0 heterocycles. The topological polar surface area (TPSA) is 75.7 Å². The van der Waals surface area contributed by atoms with E-state index in [1.165, 1.54) is 16.4 Å². The Morgan fingerprint density at radius 1 is 1.18 bits per heavy atom. The highest BCUT2D eigenvalue weighted by Crippen LogP contribution is 2.22. The zero-order valence-electron chi connectivity index (χ0n) is 16.0. The minimum atomic E-state index is -3.48. The van der Waals surface area contributed by atoms with Gasteiger partial charge in [-0.05, 0) is 55.3 Å². The molecular weight excluding hydrogens is 383 g/mol. The largest absolute Gasteiger partial charge is 0.494 e. The van der Waals surface area contributed by atoms with Gasteiger partial charge >= 0.3 is 0 Å². The first-order valence-corrected chi connectivity index (χ1v) is 10.9. The molecule has 1 N–H and O–H groups in total. The van der Waals surface area contributed by atoms with Gasteiger partial charge < -0.3 is 10.1 Å². The zero-order chi connectivity index (χ0) is 20.6. The number of hydrogen-bond acceptors (Lipinski definition) is 4. The van der Waals surface area contributed by atoms with Crippen molar-refractivity contribution in [2.45, 2.75) is 26.3 Å². The maximum Gasteiger partial charge on any atom is 0.232 e. The van der Waals surface area contributed by atoms with Crippen LogP contribution in [0.3, 0.4) is 0 Å². The van der Waals surface area contributed by atoms with E-state index in [9.17, 15) is 17.6 Å². The third-order valence-corrected chi connectivity index (χ3v) is 5.17. The van der Waals surface area contributed by atoms with Crippen LogP contribution in [0.4, 0.5) is 10.1 Å². The summed E-state index contributed by atoms with van der Waals surface area (Å²) in [6.45, 7) is 2.81. The number of benzene rings is 2. The molecule has 1 amide bonds. The number of carbonyl (C=O) groups is 1. The van der Waals surface area contributed by atoms with Gasteiger partial charge in [0.2, 0.25) is 15.9 Å². The van der Waals surface area contributed by atoms with E-state index < -0.39 is 10.0 Å². The van der Waals surface area contributed by atoms with E-state index in [1.54, 1.807) is 36.4 Å². The van der Waals surface area contributed by atoms with E-state index in [2.05, 4.69) is 5.32 Å². The monoisotopic (exact) mass is 408 g/mol. The first kappa shape index (κ1) is 21.7. The van der Waals surface area contributed by atoms with Gasteiger partial charge in [-0.15, -0.1) is 0 Å². The highest BCUT2D eigenvalue weighted by Gasteiger charge is 2.17. The van der Waals surface area contributed by atoms with Crippen LogP contribution in [-0.2, 0) is 21.4 Å². The van der Waals surface area contributed by atoms with Crippen LogP contribution in [0.1, 0.15) is 25.3 Å². The molecule has 0 aromatic heterocycles. The fourth-order valence-electron chi connectivity index (χ4n) is 2.68. The summed E-state index contributed by atoms with van der Waals surface area (Å²) in [5.41, 5.74) is 1.19. The molecule has 2 rings (SSSR count). The van der Waals surface area contributed by atoms with Gasteiger partial charge in [-0.2, -0.15) is 0 Å². The fourth-order valence-corrected chi connectivity index (χ4v) is 3.65. The van der Waals surface area contributed by atoms with E-state index in [-0.39, 0.29) is 31.2 Å². The quantitative estimate of drug-likeness (QED) is 0.656. The van der Waals surface area contributed by atoms with Crippen LogP contribution in [0.2, 0.25) is 0 Å². The number of amides is 1. The van der Waals surface area contributed by atoms with Gasteiger partial charge in [0.25, 0.3) is 0 Å². The number of sulfonamides is 1. The Bertz CT molecular complexity index is 885. The Morgan fingerprint density at radius 2 is 1.89 bits per heavy atom. The van der Waals surface area contributed by atoms with Crippen molar-refractivity contribution in [1.29, 1.82) is 0 Å². The molecule has 2 aromatic rings. The van der Waals surface area contributed by atoms with E-state index in [1.807, 2.05) is 6.92 Å². The van der Waals surface area contributed by atoms with Crippen molar-refractivity contribution in [3.05, 3.63) is 59.9 Å². The summed E-state index contributed by atoms with van der Waals surface area (Å²) in [6.07, 6.45) is 1.65. The Hall–Kier alpha value is -2.61. The lowest BCUT2D eigenvalue weighted by molar-refractivity contribution is -0.121. The minimum Gasteiger partial charge on any atom is -0.494 e. The Balaban J connectivity index is 1.88. The molecule has 0 saturated carbocycles. The second-order valence-corrected chi connectivity index (χ2v) is 8.18. The van der Waals surface area contributed by atoms with Gasteiger partial charge in [0.05, 0.1) is 18.6 Å². The standard InChI is InChI=1S/C20H25FN2O4S/c1-3-27-19-11-9-18(10-12-19)23(28(2,25)26)13-5-8-20(24)22-15-16-6-4-7-17(21)14-16/h4,6-7,9-12,14H,3,5,8,13,15H2,1-2H3,(H,22,24). The molecule has 0 fully saturated rings. The van der Waals surface area contributed by atoms with Crippen LogP contribution < -0.4 is 14.4 Å². The summed E-state index contributed by atoms with van der Waals surface area (Å²) in [6, 6.07) is 12.8. The van der Waals surface area contributed by atoms with Crippen molar-refractivity contribution in [3.63, 3.8) is 0 Å². The Morgan fingerprint density at radius 3 is 2.50 bits per heavy atom. The predicted octanol–water partition coefficient (Wildman–Crippen LogP) is 3.09. The molecule has 0 bridgehead atoms. The van der Waals surface area contributed by atoms with Crippen molar-refractivity contribution < 1.29 is 22.3 Å². The molecule has 0 spiro atoms. The van der Waals surface area contributed by atoms with Crippen molar-refractivity contribution in [2.24, 2.45) is 0 Å². The zero-order valence-corrected chi connectivity index (χ0v) is 16.8. The van der Waals surface area contributed by atoms with Crippen LogP contribution in [-0.4, -0.2) is 33.7 Å². The van der Waals surface area contributed by atoms with Crippen LogP contribution >= 0.6 is 0 Å². The highest BCUT2D eigenvalue weighted by atomic mass is 32.2. The summed E-state index contributed by atoms with van der Waals surface area (Å²) in [5, 5.41) is 2.71. The number of rotatable bonds is 10. The Labute approximate surface area is 165 Å². The van der Waals surface area contributed by atoms with E-state index >= 15 is 0 Å². The third-order valence-electron chi connectivity index (χ3n) is 3.98. The molecule has 0 aliphatic heterocycles. The molecule has 8 heteroatoms. The fraction of sp³-hybridized carbons (Fsp3) is 0.350. The molecule has 28 heavy (non-hydrogen) atoms. The predicted molar refractivity (Wildman–Crippen MR) is 107 cm³/mol. The van der Waals surface area contributed by atoms with Crippen molar-refractivity contribution in [1.82, 2.24) is 5.32 Å². The van der Waals surface area contributed by atoms with Crippen LogP contribution in [0, 0.1) is 5.82 Å². The second-order valence-electron chi connectivity index (χ2n) is 6.27. The summed E-state index contributed by atoms with van der Waals surface area (Å²) < 4.78 is 44.0. The summed E-state index contributed by atoms with van der Waals surface area (Å²) in [5.74, 6) is 0.0896. The van der Waals surface area contributed by atoms with Crippen molar-refractivity contribution in [3.8, 4) is 5.75 Å². The number of nitrogens with one attached hydrogen (secondary N) is 1. The number of hydrogen-bond donors (Lipinski definition) is 1. The molecule has 0 aliphatic carbocycles. The molecule has 0 aliphatic rings. The molecule has 6 nitrogen and oxygen atoms in total. The highest BCUT2D eigenvalue weighted by molar-refractivity contribution is 7.92. The molecule has 0 saturated heterocycles. The molecule has 2 aromatic carbocycles. The first-order valence-electron chi connectivity index (χ1n) is 9.01. The van der Waals surface area contributed by atoms with Gasteiger partial charge in [0.15, 0.2) is 0 Å². The van der Waals surface area contributed by atoms with Crippen molar-refractivity contribution >= 4 is 21.6 Å². The van der Waals surface area contributed by atoms with Crippen LogP contribution in [0.25, 0.3) is 0 Å². The second kappa shape index (κ2) is 10.1. The molecule has 0 unspecified atom stereocenters. The van der Waals surface area contributed by atoms with Crippen LogP contribution in [0.15, 0.2) is 48.5 Å². The molecule has 0 radical (unpaired) electrons. The number of halogens is 1. The van der Waals surface area contributed by atoms with Gasteiger partial charge in [-0.1, -0.05) is 12.1 Å². The minimum absolute atomic E-state index is 0.165. The molecule has 152 valence electrons. The van der Waals surface area contributed by atoms with E-state index in [0.29, 0.717) is 30.0 Å². The van der Waals surface area contributed by atoms with Gasteiger partial charge in [-0.3, -0.25) is 9.10 Å². The normalized spacial score (nSPS) is 11.1. The number of ether oxygens (including phenoxy) is 1. The van der Waals surface area contributed by atoms with E-state index in [4.69, 9.17) is 4.74 Å². The summed E-state index contributed by atoms with van der Waals surface area (Å²) in [4.78, 5) is 12.0. The SMILES string of the molecule is CCOc1ccc(N(CCCC(=O)NCc2cccc(F)c2)S(C)(=O)=O)cc1. The number of nitrogens with zero attached hydrogens (tertiary/aromatic N) is 1. The van der Waals surface area contributed by atoms with Gasteiger partial charge in [0, 0.05) is 19.5 Å². The lowest BCUT2D eigenvalue weighted by Gasteiger charge is -2.22. The molecule has 0 atom stereocenters. The number of carbonyl (C=O) groups excluding carboxylic acids is 1. The molecular formula is C20H25FN2O4S. The third kappa shape index (κ3) is 6.84. The van der Waals surface area contributed by atoms with E-state index in [0.717, 1.165) is 6.26 Å². The average molecular weight is 408 g/mol. The van der Waals surface area contributed by atoms with Crippen molar-refractivity contribution in [2.75, 3.05) is 23.7 Å². The number of anilines is 1. The average Bonchev–Trinajstić information content (AvgIpc) is 2.64. The lowest BCUT2D eigenvalue weighted by Crippen LogP contribution is -2.32. The van der Waals surface area contributed by atoms with Gasteiger partial charge in [0.1, 0.15) is 11.6 Å². The lowest BCUT2D eigenvalue weighted by atomic mass is 10.2. The summed E-state index contributed by atoms with van der Waals surface area (Å²) >= 11 is 0. The maximum atomic E-state index is 13.1. The maximum absolute atomic E-state index is 13.1. The smallest absolute Gasteiger partial charge is 0.232 e. The van der Waals surface area contributed by atoms with Gasteiger partial charge in [-0.25, -0.2) is 12.8 Å². The summed E-state index contributed by atoms with van der Waals surface area (Å²) in [7, 11) is -3.48. The first-order chi connectivity index (χ1) is 13.3.